The number of methoxy groups -OCH3 is 1. The molecule has 2 rings (SSSR count). The molecule has 0 bridgehead atoms. The van der Waals surface area contributed by atoms with Crippen LogP contribution in [0, 0.1) is 6.92 Å². The number of halogens is 1. The number of thiazole rings is 1. The zero-order valence-corrected chi connectivity index (χ0v) is 13.5. The van der Waals surface area contributed by atoms with E-state index in [9.17, 15) is 0 Å². The number of ether oxygens (including phenoxy) is 1. The smallest absolute Gasteiger partial charge is 0.137 e. The Balaban J connectivity index is 2.35. The molecule has 1 heterocycles. The van der Waals surface area contributed by atoms with Gasteiger partial charge in [0.25, 0.3) is 0 Å². The highest BCUT2D eigenvalue weighted by Crippen LogP contribution is 2.32. The van der Waals surface area contributed by atoms with E-state index in [1.807, 2.05) is 31.3 Å². The van der Waals surface area contributed by atoms with E-state index >= 15 is 0 Å². The van der Waals surface area contributed by atoms with Crippen molar-refractivity contribution in [1.82, 2.24) is 10.3 Å². The molecule has 1 atom stereocenters. The third kappa shape index (κ3) is 3.51. The zero-order valence-electron chi connectivity index (χ0n) is 11.9. The summed E-state index contributed by atoms with van der Waals surface area (Å²) in [5.74, 6) is 0.703. The monoisotopic (exact) mass is 310 g/mol. The van der Waals surface area contributed by atoms with E-state index in [0.717, 1.165) is 23.5 Å². The van der Waals surface area contributed by atoms with Crippen LogP contribution in [0.5, 0.6) is 5.75 Å². The van der Waals surface area contributed by atoms with Crippen LogP contribution in [-0.4, -0.2) is 18.6 Å². The van der Waals surface area contributed by atoms with Gasteiger partial charge < -0.3 is 10.1 Å². The lowest BCUT2D eigenvalue weighted by molar-refractivity contribution is 0.414. The lowest BCUT2D eigenvalue weighted by Gasteiger charge is -2.18. The lowest BCUT2D eigenvalue weighted by Crippen LogP contribution is -2.22. The van der Waals surface area contributed by atoms with Gasteiger partial charge in [-0.25, -0.2) is 4.98 Å². The van der Waals surface area contributed by atoms with Crippen molar-refractivity contribution in [2.24, 2.45) is 0 Å². The van der Waals surface area contributed by atoms with E-state index in [-0.39, 0.29) is 6.04 Å². The first-order chi connectivity index (χ1) is 9.65. The average molecular weight is 311 g/mol. The predicted molar refractivity (Wildman–Crippen MR) is 85.0 cm³/mol. The molecule has 0 saturated heterocycles. The Morgan fingerprint density at radius 3 is 2.85 bits per heavy atom. The Morgan fingerprint density at radius 1 is 1.45 bits per heavy atom. The van der Waals surface area contributed by atoms with E-state index in [2.05, 4.69) is 17.2 Å². The fourth-order valence-electron chi connectivity index (χ4n) is 2.04. The standard InChI is InChI=1S/C15H19ClN2OS/c1-4-7-17-15(14-9-18-10(2)20-14)11-5-6-12(16)13(8-11)19-3/h5-6,8-9,15,17H,4,7H2,1-3H3. The molecule has 0 amide bonds. The molecular weight excluding hydrogens is 292 g/mol. The Labute approximate surface area is 129 Å². The average Bonchev–Trinajstić information content (AvgIpc) is 2.87. The summed E-state index contributed by atoms with van der Waals surface area (Å²) in [7, 11) is 1.64. The number of rotatable bonds is 6. The Kier molecular flexibility index (Phi) is 5.40. The van der Waals surface area contributed by atoms with Crippen molar-refractivity contribution in [3.05, 3.63) is 44.9 Å². The second-order valence-electron chi connectivity index (χ2n) is 4.56. The van der Waals surface area contributed by atoms with E-state index in [0.29, 0.717) is 10.8 Å². The number of nitrogens with one attached hydrogen (secondary N) is 1. The molecule has 0 aliphatic rings. The zero-order chi connectivity index (χ0) is 14.5. The van der Waals surface area contributed by atoms with Crippen LogP contribution in [0.1, 0.15) is 34.8 Å². The first kappa shape index (κ1) is 15.3. The number of hydrogen-bond acceptors (Lipinski definition) is 4. The van der Waals surface area contributed by atoms with Gasteiger partial charge in [-0.2, -0.15) is 0 Å². The third-order valence-corrected chi connectivity index (χ3v) is 4.32. The summed E-state index contributed by atoms with van der Waals surface area (Å²) in [6.45, 7) is 5.13. The van der Waals surface area contributed by atoms with Crippen molar-refractivity contribution in [2.75, 3.05) is 13.7 Å². The van der Waals surface area contributed by atoms with Crippen LogP contribution in [0.15, 0.2) is 24.4 Å². The Morgan fingerprint density at radius 2 is 2.25 bits per heavy atom. The van der Waals surface area contributed by atoms with E-state index in [1.165, 1.54) is 4.88 Å². The molecule has 1 aromatic carbocycles. The number of hydrogen-bond donors (Lipinski definition) is 1. The molecule has 2 aromatic rings. The summed E-state index contributed by atoms with van der Waals surface area (Å²) in [6, 6.07) is 6.04. The second-order valence-corrected chi connectivity index (χ2v) is 6.24. The van der Waals surface area contributed by atoms with Crippen molar-refractivity contribution >= 4 is 22.9 Å². The Bertz CT molecular complexity index is 571. The van der Waals surface area contributed by atoms with Gasteiger partial charge in [0, 0.05) is 11.1 Å². The van der Waals surface area contributed by atoms with Gasteiger partial charge in [-0.15, -0.1) is 11.3 Å². The molecule has 0 aliphatic carbocycles. The summed E-state index contributed by atoms with van der Waals surface area (Å²) < 4.78 is 5.31. The van der Waals surface area contributed by atoms with Crippen LogP contribution >= 0.6 is 22.9 Å². The van der Waals surface area contributed by atoms with E-state index in [1.54, 1.807) is 18.4 Å². The summed E-state index contributed by atoms with van der Waals surface area (Å²) in [5.41, 5.74) is 1.14. The Hall–Kier alpha value is -1.10. The maximum Gasteiger partial charge on any atom is 0.137 e. The molecule has 1 N–H and O–H groups in total. The summed E-state index contributed by atoms with van der Waals surface area (Å²) in [5, 5.41) is 5.26. The van der Waals surface area contributed by atoms with Crippen molar-refractivity contribution in [3.63, 3.8) is 0 Å². The van der Waals surface area contributed by atoms with Gasteiger partial charge in [-0.3, -0.25) is 0 Å². The quantitative estimate of drug-likeness (QED) is 0.868. The molecule has 3 nitrogen and oxygen atoms in total. The lowest BCUT2D eigenvalue weighted by atomic mass is 10.1. The maximum absolute atomic E-state index is 6.10. The minimum atomic E-state index is 0.132. The summed E-state index contributed by atoms with van der Waals surface area (Å²) >= 11 is 7.81. The van der Waals surface area contributed by atoms with Gasteiger partial charge in [0.05, 0.1) is 23.2 Å². The number of aryl methyl sites for hydroxylation is 1. The summed E-state index contributed by atoms with van der Waals surface area (Å²) in [6.07, 6.45) is 3.02. The van der Waals surface area contributed by atoms with Crippen molar-refractivity contribution in [3.8, 4) is 5.75 Å². The molecule has 5 heteroatoms. The highest BCUT2D eigenvalue weighted by molar-refractivity contribution is 7.11. The van der Waals surface area contributed by atoms with Crippen LogP contribution in [0.25, 0.3) is 0 Å². The highest BCUT2D eigenvalue weighted by Gasteiger charge is 2.17. The number of nitrogens with zero attached hydrogens (tertiary/aromatic N) is 1. The molecule has 0 radical (unpaired) electrons. The highest BCUT2D eigenvalue weighted by atomic mass is 35.5. The second kappa shape index (κ2) is 7.07. The fraction of sp³-hybridized carbons (Fsp3) is 0.400. The number of benzene rings is 1. The molecule has 108 valence electrons. The van der Waals surface area contributed by atoms with Gasteiger partial charge in [0.1, 0.15) is 5.75 Å². The largest absolute Gasteiger partial charge is 0.495 e. The van der Waals surface area contributed by atoms with Crippen molar-refractivity contribution in [2.45, 2.75) is 26.3 Å². The van der Waals surface area contributed by atoms with E-state index in [4.69, 9.17) is 16.3 Å². The first-order valence-electron chi connectivity index (χ1n) is 6.64. The first-order valence-corrected chi connectivity index (χ1v) is 7.84. The van der Waals surface area contributed by atoms with Gasteiger partial charge in [0.2, 0.25) is 0 Å². The molecular formula is C15H19ClN2OS. The SMILES string of the molecule is CCCNC(c1ccc(Cl)c(OC)c1)c1cnc(C)s1. The molecule has 1 unspecified atom stereocenters. The van der Waals surface area contributed by atoms with Gasteiger partial charge in [0.15, 0.2) is 0 Å². The number of aromatic nitrogens is 1. The maximum atomic E-state index is 6.10. The van der Waals surface area contributed by atoms with Crippen molar-refractivity contribution in [1.29, 1.82) is 0 Å². The van der Waals surface area contributed by atoms with Gasteiger partial charge in [-0.1, -0.05) is 24.6 Å². The normalized spacial score (nSPS) is 12.4. The predicted octanol–water partition coefficient (Wildman–Crippen LogP) is 4.20. The summed E-state index contributed by atoms with van der Waals surface area (Å²) in [4.78, 5) is 5.56. The molecule has 20 heavy (non-hydrogen) atoms. The molecule has 1 aromatic heterocycles. The van der Waals surface area contributed by atoms with Crippen LogP contribution in [-0.2, 0) is 0 Å². The topological polar surface area (TPSA) is 34.1 Å². The minimum Gasteiger partial charge on any atom is -0.495 e. The minimum absolute atomic E-state index is 0.132. The van der Waals surface area contributed by atoms with E-state index < -0.39 is 0 Å². The van der Waals surface area contributed by atoms with Crippen LogP contribution in [0.4, 0.5) is 0 Å². The van der Waals surface area contributed by atoms with Crippen molar-refractivity contribution < 1.29 is 4.74 Å². The molecule has 0 saturated carbocycles. The fourth-order valence-corrected chi connectivity index (χ4v) is 3.12. The van der Waals surface area contributed by atoms with Crippen LogP contribution in [0.3, 0.4) is 0 Å². The molecule has 0 aliphatic heterocycles. The van der Waals surface area contributed by atoms with Gasteiger partial charge >= 0.3 is 0 Å². The molecule has 0 spiro atoms. The van der Waals surface area contributed by atoms with Gasteiger partial charge in [-0.05, 0) is 37.6 Å². The van der Waals surface area contributed by atoms with Crippen LogP contribution in [0.2, 0.25) is 5.02 Å². The molecule has 0 fully saturated rings. The van der Waals surface area contributed by atoms with Crippen LogP contribution < -0.4 is 10.1 Å². The third-order valence-electron chi connectivity index (χ3n) is 3.03.